The van der Waals surface area contributed by atoms with Crippen LogP contribution in [0.2, 0.25) is 10.0 Å². The smallest absolute Gasteiger partial charge is 0.137 e. The molecule has 1 atom stereocenters. The minimum atomic E-state index is -0.508. The van der Waals surface area contributed by atoms with Crippen LogP contribution in [0.1, 0.15) is 35.4 Å². The molecule has 1 fully saturated rings. The molecular weight excluding hydrogens is 582 g/mol. The maximum atomic E-state index is 6.89. The SMILES string of the molecule is Cc1[nH]c(-c2ccccc2)nc1C(C)(C(c1ccccc1Cl)c1ccccc1Cl)N1CCNCC1.Cl.Cl.Cl. The molecule has 0 radical (unpaired) electrons. The first-order valence-electron chi connectivity index (χ1n) is 12.1. The molecule has 1 unspecified atom stereocenters. The van der Waals surface area contributed by atoms with Crippen molar-refractivity contribution in [2.24, 2.45) is 0 Å². The number of nitrogens with zero attached hydrogens (tertiary/aromatic N) is 2. The van der Waals surface area contributed by atoms with E-state index in [9.17, 15) is 0 Å². The topological polar surface area (TPSA) is 44.0 Å². The minimum Gasteiger partial charge on any atom is -0.342 e. The van der Waals surface area contributed by atoms with Crippen molar-refractivity contribution in [3.63, 3.8) is 0 Å². The van der Waals surface area contributed by atoms with Crippen molar-refractivity contribution in [3.05, 3.63) is 111 Å². The fraction of sp³-hybridized carbons (Fsp3) is 0.276. The third-order valence-corrected chi connectivity index (χ3v) is 7.87. The van der Waals surface area contributed by atoms with Gasteiger partial charge in [0, 0.05) is 53.4 Å². The second-order valence-corrected chi connectivity index (χ2v) is 10.1. The fourth-order valence-corrected chi connectivity index (χ4v) is 5.97. The van der Waals surface area contributed by atoms with Gasteiger partial charge in [-0.25, -0.2) is 4.98 Å². The van der Waals surface area contributed by atoms with E-state index in [1.165, 1.54) is 0 Å². The molecule has 4 aromatic rings. The normalized spacial score (nSPS) is 15.1. The summed E-state index contributed by atoms with van der Waals surface area (Å²) < 4.78 is 0. The van der Waals surface area contributed by atoms with E-state index < -0.39 is 5.54 Å². The fourth-order valence-electron chi connectivity index (χ4n) is 5.48. The van der Waals surface area contributed by atoms with Crippen LogP contribution in [0.5, 0.6) is 0 Å². The van der Waals surface area contributed by atoms with Crippen LogP contribution in [0.25, 0.3) is 11.4 Å². The predicted octanol–water partition coefficient (Wildman–Crippen LogP) is 7.91. The van der Waals surface area contributed by atoms with Gasteiger partial charge in [-0.15, -0.1) is 37.2 Å². The number of benzene rings is 3. The van der Waals surface area contributed by atoms with Gasteiger partial charge in [0.05, 0.1) is 11.2 Å². The highest BCUT2D eigenvalue weighted by Crippen LogP contribution is 2.50. The van der Waals surface area contributed by atoms with Gasteiger partial charge in [-0.2, -0.15) is 0 Å². The number of H-pyrrole nitrogens is 1. The molecule has 204 valence electrons. The predicted molar refractivity (Wildman–Crippen MR) is 167 cm³/mol. The van der Waals surface area contributed by atoms with E-state index in [4.69, 9.17) is 28.2 Å². The Labute approximate surface area is 253 Å². The molecule has 1 aliphatic heterocycles. The van der Waals surface area contributed by atoms with Gasteiger partial charge in [-0.05, 0) is 37.1 Å². The lowest BCUT2D eigenvalue weighted by molar-refractivity contribution is 0.0674. The van der Waals surface area contributed by atoms with Crippen molar-refractivity contribution >= 4 is 60.4 Å². The van der Waals surface area contributed by atoms with Crippen LogP contribution in [-0.4, -0.2) is 41.0 Å². The van der Waals surface area contributed by atoms with Gasteiger partial charge in [-0.1, -0.05) is 89.9 Å². The van der Waals surface area contributed by atoms with Crippen LogP contribution in [0, 0.1) is 6.92 Å². The Hall–Kier alpha value is -1.76. The second kappa shape index (κ2) is 14.0. The van der Waals surface area contributed by atoms with Crippen LogP contribution in [0.15, 0.2) is 78.9 Å². The molecule has 2 heterocycles. The zero-order chi connectivity index (χ0) is 24.4. The van der Waals surface area contributed by atoms with E-state index in [2.05, 4.69) is 65.4 Å². The summed E-state index contributed by atoms with van der Waals surface area (Å²) in [5, 5.41) is 4.97. The summed E-state index contributed by atoms with van der Waals surface area (Å²) >= 11 is 13.8. The Morgan fingerprint density at radius 2 is 1.29 bits per heavy atom. The monoisotopic (exact) mass is 612 g/mol. The number of aryl methyl sites for hydroxylation is 1. The van der Waals surface area contributed by atoms with Crippen LogP contribution < -0.4 is 5.32 Å². The van der Waals surface area contributed by atoms with Gasteiger partial charge in [0.25, 0.3) is 0 Å². The van der Waals surface area contributed by atoms with E-state index in [1.807, 2.05) is 42.5 Å². The van der Waals surface area contributed by atoms with Gasteiger partial charge >= 0.3 is 0 Å². The Balaban J connectivity index is 0.00000169. The van der Waals surface area contributed by atoms with Crippen molar-refractivity contribution in [1.82, 2.24) is 20.2 Å². The quantitative estimate of drug-likeness (QED) is 0.232. The van der Waals surface area contributed by atoms with Crippen LogP contribution in [0.3, 0.4) is 0 Å². The molecule has 0 saturated carbocycles. The highest BCUT2D eigenvalue weighted by atomic mass is 35.5. The average Bonchev–Trinajstić information content (AvgIpc) is 3.29. The van der Waals surface area contributed by atoms with E-state index in [1.54, 1.807) is 0 Å². The molecule has 1 aliphatic rings. The molecule has 9 heteroatoms. The molecule has 0 spiro atoms. The van der Waals surface area contributed by atoms with E-state index >= 15 is 0 Å². The zero-order valence-electron chi connectivity index (χ0n) is 21.3. The van der Waals surface area contributed by atoms with Crippen LogP contribution >= 0.6 is 60.4 Å². The Kier molecular flexibility index (Phi) is 12.0. The zero-order valence-corrected chi connectivity index (χ0v) is 25.2. The van der Waals surface area contributed by atoms with Gasteiger partial charge in [-0.3, -0.25) is 4.90 Å². The molecule has 1 saturated heterocycles. The number of imidazole rings is 1. The number of hydrogen-bond donors (Lipinski definition) is 2. The summed E-state index contributed by atoms with van der Waals surface area (Å²) in [5.41, 5.74) is 4.72. The molecular formula is C29H33Cl5N4. The lowest BCUT2D eigenvalue weighted by Crippen LogP contribution is -2.56. The number of aromatic nitrogens is 2. The summed E-state index contributed by atoms with van der Waals surface area (Å²) in [4.78, 5) is 11.4. The third kappa shape index (κ3) is 6.18. The molecule has 38 heavy (non-hydrogen) atoms. The summed E-state index contributed by atoms with van der Waals surface area (Å²) in [5.74, 6) is 0.741. The van der Waals surface area contributed by atoms with Crippen molar-refractivity contribution in [2.75, 3.05) is 26.2 Å². The number of aromatic amines is 1. The van der Waals surface area contributed by atoms with Crippen molar-refractivity contribution in [2.45, 2.75) is 25.3 Å². The summed E-state index contributed by atoms with van der Waals surface area (Å²) in [6, 6.07) is 26.5. The van der Waals surface area contributed by atoms with Gasteiger partial charge < -0.3 is 10.3 Å². The lowest BCUT2D eigenvalue weighted by atomic mass is 9.72. The maximum Gasteiger partial charge on any atom is 0.137 e. The Morgan fingerprint density at radius 3 is 1.82 bits per heavy atom. The van der Waals surface area contributed by atoms with Crippen molar-refractivity contribution in [3.8, 4) is 11.4 Å². The molecule has 0 bridgehead atoms. The number of halogens is 5. The summed E-state index contributed by atoms with van der Waals surface area (Å²) in [6.45, 7) is 8.05. The average molecular weight is 615 g/mol. The summed E-state index contributed by atoms with van der Waals surface area (Å²) in [6.07, 6.45) is 0. The highest BCUT2D eigenvalue weighted by molar-refractivity contribution is 6.32. The number of piperazine rings is 1. The molecule has 5 rings (SSSR count). The van der Waals surface area contributed by atoms with Crippen LogP contribution in [0.4, 0.5) is 0 Å². The first-order chi connectivity index (χ1) is 17.0. The Morgan fingerprint density at radius 1 is 0.789 bits per heavy atom. The number of rotatable bonds is 6. The molecule has 3 aromatic carbocycles. The van der Waals surface area contributed by atoms with Crippen molar-refractivity contribution < 1.29 is 0 Å². The summed E-state index contributed by atoms with van der Waals surface area (Å²) in [7, 11) is 0. The third-order valence-electron chi connectivity index (χ3n) is 7.18. The van der Waals surface area contributed by atoms with E-state index in [0.717, 1.165) is 70.1 Å². The number of nitrogens with one attached hydrogen (secondary N) is 2. The van der Waals surface area contributed by atoms with Gasteiger partial charge in [0.2, 0.25) is 0 Å². The second-order valence-electron chi connectivity index (χ2n) is 9.29. The standard InChI is InChI=1S/C29H30Cl2N4.3ClH/c1-20-27(34-28(33-20)21-10-4-3-5-11-21)29(2,35-18-16-32-17-19-35)26(22-12-6-8-14-24(22)30)23-13-7-9-15-25(23)31;;;/h3-15,26,32H,16-19H2,1-2H3,(H,33,34);3*1H. The first-order valence-corrected chi connectivity index (χ1v) is 12.8. The molecule has 0 amide bonds. The number of hydrogen-bond acceptors (Lipinski definition) is 3. The van der Waals surface area contributed by atoms with Crippen molar-refractivity contribution in [1.29, 1.82) is 0 Å². The van der Waals surface area contributed by atoms with Gasteiger partial charge in [0.15, 0.2) is 0 Å². The highest BCUT2D eigenvalue weighted by Gasteiger charge is 2.47. The minimum absolute atomic E-state index is 0. The van der Waals surface area contributed by atoms with Gasteiger partial charge in [0.1, 0.15) is 5.82 Å². The molecule has 0 aliphatic carbocycles. The first kappa shape index (κ1) is 32.5. The Bertz CT molecular complexity index is 1260. The lowest BCUT2D eigenvalue weighted by Gasteiger charge is -2.48. The van der Waals surface area contributed by atoms with E-state index in [0.29, 0.717) is 0 Å². The van der Waals surface area contributed by atoms with Crippen LogP contribution in [-0.2, 0) is 5.54 Å². The maximum absolute atomic E-state index is 6.89. The molecule has 2 N–H and O–H groups in total. The largest absolute Gasteiger partial charge is 0.342 e. The van der Waals surface area contributed by atoms with E-state index in [-0.39, 0.29) is 43.1 Å². The molecule has 1 aromatic heterocycles. The molecule has 4 nitrogen and oxygen atoms in total.